The Balaban J connectivity index is 2.04. The van der Waals surface area contributed by atoms with Gasteiger partial charge in [0.2, 0.25) is 0 Å². The van der Waals surface area contributed by atoms with Crippen LogP contribution in [0, 0.1) is 25.7 Å². The van der Waals surface area contributed by atoms with Gasteiger partial charge < -0.3 is 4.52 Å². The van der Waals surface area contributed by atoms with Gasteiger partial charge in [-0.05, 0) is 32.1 Å². The van der Waals surface area contributed by atoms with Crippen LogP contribution in [0.15, 0.2) is 4.52 Å². The van der Waals surface area contributed by atoms with E-state index in [-0.39, 0.29) is 0 Å². The zero-order valence-corrected chi connectivity index (χ0v) is 10.8. The van der Waals surface area contributed by atoms with Gasteiger partial charge in [0, 0.05) is 25.2 Å². The first kappa shape index (κ1) is 11.6. The number of aromatic nitrogens is 1. The summed E-state index contributed by atoms with van der Waals surface area (Å²) in [5.74, 6) is 2.59. The third-order valence-electron chi connectivity index (χ3n) is 3.51. The molecular formula is C13H22N2O. The molecule has 2 unspecified atom stereocenters. The predicted molar refractivity (Wildman–Crippen MR) is 64.2 cm³/mol. The number of piperidine rings is 1. The van der Waals surface area contributed by atoms with E-state index in [4.69, 9.17) is 4.52 Å². The van der Waals surface area contributed by atoms with Gasteiger partial charge in [-0.3, -0.25) is 4.90 Å². The number of hydrogen-bond donors (Lipinski definition) is 0. The normalized spacial score (nSPS) is 27.2. The van der Waals surface area contributed by atoms with Gasteiger partial charge in [0.05, 0.1) is 5.69 Å². The summed E-state index contributed by atoms with van der Waals surface area (Å²) in [6, 6.07) is 0. The SMILES string of the molecule is Cc1noc(C)c1CN1CC(C)CC(C)C1. The van der Waals surface area contributed by atoms with Crippen molar-refractivity contribution < 1.29 is 4.52 Å². The van der Waals surface area contributed by atoms with Gasteiger partial charge in [0.25, 0.3) is 0 Å². The second kappa shape index (κ2) is 4.58. The molecule has 1 aliphatic rings. The maximum atomic E-state index is 5.21. The van der Waals surface area contributed by atoms with Gasteiger partial charge in [-0.2, -0.15) is 0 Å². The van der Waals surface area contributed by atoms with E-state index in [1.54, 1.807) is 0 Å². The molecule has 1 aromatic heterocycles. The van der Waals surface area contributed by atoms with Crippen LogP contribution in [0.3, 0.4) is 0 Å². The summed E-state index contributed by atoms with van der Waals surface area (Å²) in [4.78, 5) is 2.53. The molecule has 0 bridgehead atoms. The first-order chi connectivity index (χ1) is 7.56. The number of rotatable bonds is 2. The Bertz CT molecular complexity index is 329. The first-order valence-corrected chi connectivity index (χ1v) is 6.20. The summed E-state index contributed by atoms with van der Waals surface area (Å²) in [5.41, 5.74) is 2.32. The first-order valence-electron chi connectivity index (χ1n) is 6.20. The topological polar surface area (TPSA) is 29.3 Å². The maximum absolute atomic E-state index is 5.21. The molecule has 3 nitrogen and oxygen atoms in total. The summed E-state index contributed by atoms with van der Waals surface area (Å²) in [7, 11) is 0. The Morgan fingerprint density at radius 3 is 2.38 bits per heavy atom. The molecule has 1 fully saturated rings. The Kier molecular flexibility index (Phi) is 3.33. The molecule has 3 heteroatoms. The van der Waals surface area contributed by atoms with Crippen molar-refractivity contribution in [3.63, 3.8) is 0 Å². The van der Waals surface area contributed by atoms with E-state index in [0.29, 0.717) is 0 Å². The minimum Gasteiger partial charge on any atom is -0.361 e. The molecule has 1 aliphatic heterocycles. The average Bonchev–Trinajstić information content (AvgIpc) is 2.48. The molecule has 1 aromatic rings. The summed E-state index contributed by atoms with van der Waals surface area (Å²) >= 11 is 0. The van der Waals surface area contributed by atoms with Gasteiger partial charge in [-0.25, -0.2) is 0 Å². The Morgan fingerprint density at radius 2 is 1.88 bits per heavy atom. The molecule has 2 atom stereocenters. The monoisotopic (exact) mass is 222 g/mol. The highest BCUT2D eigenvalue weighted by Crippen LogP contribution is 2.24. The molecule has 1 saturated heterocycles. The van der Waals surface area contributed by atoms with Crippen molar-refractivity contribution in [2.75, 3.05) is 13.1 Å². The Morgan fingerprint density at radius 1 is 1.25 bits per heavy atom. The largest absolute Gasteiger partial charge is 0.361 e. The third kappa shape index (κ3) is 2.46. The van der Waals surface area contributed by atoms with E-state index >= 15 is 0 Å². The summed E-state index contributed by atoms with van der Waals surface area (Å²) in [5, 5.41) is 4.02. The summed E-state index contributed by atoms with van der Waals surface area (Å²) in [6.07, 6.45) is 1.36. The van der Waals surface area contributed by atoms with Crippen molar-refractivity contribution in [1.29, 1.82) is 0 Å². The van der Waals surface area contributed by atoms with Crippen molar-refractivity contribution in [3.05, 3.63) is 17.0 Å². The second-order valence-corrected chi connectivity index (χ2v) is 5.44. The van der Waals surface area contributed by atoms with E-state index < -0.39 is 0 Å². The summed E-state index contributed by atoms with van der Waals surface area (Å²) in [6.45, 7) is 12.1. The van der Waals surface area contributed by atoms with Crippen molar-refractivity contribution in [1.82, 2.24) is 10.1 Å². The Hall–Kier alpha value is -0.830. The van der Waals surface area contributed by atoms with E-state index in [2.05, 4.69) is 23.9 Å². The molecule has 0 saturated carbocycles. The number of nitrogens with zero attached hydrogens (tertiary/aromatic N) is 2. The van der Waals surface area contributed by atoms with Crippen LogP contribution < -0.4 is 0 Å². The van der Waals surface area contributed by atoms with Crippen LogP contribution in [-0.4, -0.2) is 23.1 Å². The molecule has 90 valence electrons. The molecular weight excluding hydrogens is 200 g/mol. The van der Waals surface area contributed by atoms with Crippen LogP contribution in [0.25, 0.3) is 0 Å². The number of aryl methyl sites for hydroxylation is 2. The fraction of sp³-hybridized carbons (Fsp3) is 0.769. The average molecular weight is 222 g/mol. The molecule has 16 heavy (non-hydrogen) atoms. The molecule has 0 aromatic carbocycles. The quantitative estimate of drug-likeness (QED) is 0.770. The third-order valence-corrected chi connectivity index (χ3v) is 3.51. The van der Waals surface area contributed by atoms with Gasteiger partial charge in [0.1, 0.15) is 5.76 Å². The molecule has 0 radical (unpaired) electrons. The predicted octanol–water partition coefficient (Wildman–Crippen LogP) is 2.77. The van der Waals surface area contributed by atoms with E-state index in [9.17, 15) is 0 Å². The molecule has 0 N–H and O–H groups in total. The standard InChI is InChI=1S/C13H22N2O/c1-9-5-10(2)7-15(6-9)8-13-11(3)14-16-12(13)4/h9-10H,5-8H2,1-4H3. The Labute approximate surface area is 97.8 Å². The fourth-order valence-electron chi connectivity index (χ4n) is 2.87. The highest BCUT2D eigenvalue weighted by molar-refractivity contribution is 5.20. The van der Waals surface area contributed by atoms with Crippen molar-refractivity contribution in [2.24, 2.45) is 11.8 Å². The minimum atomic E-state index is 0.809. The lowest BCUT2D eigenvalue weighted by Gasteiger charge is -2.34. The lowest BCUT2D eigenvalue weighted by Crippen LogP contribution is -2.38. The zero-order chi connectivity index (χ0) is 11.7. The van der Waals surface area contributed by atoms with Gasteiger partial charge in [0.15, 0.2) is 0 Å². The lowest BCUT2D eigenvalue weighted by atomic mass is 9.91. The minimum absolute atomic E-state index is 0.809. The molecule has 2 rings (SSSR count). The molecule has 0 amide bonds. The van der Waals surface area contributed by atoms with E-state index in [1.165, 1.54) is 25.1 Å². The fourth-order valence-corrected chi connectivity index (χ4v) is 2.87. The summed E-state index contributed by atoms with van der Waals surface area (Å²) < 4.78 is 5.21. The highest BCUT2D eigenvalue weighted by Gasteiger charge is 2.23. The van der Waals surface area contributed by atoms with Crippen LogP contribution >= 0.6 is 0 Å². The molecule has 0 aliphatic carbocycles. The van der Waals surface area contributed by atoms with Crippen LogP contribution in [-0.2, 0) is 6.54 Å². The highest BCUT2D eigenvalue weighted by atomic mass is 16.5. The van der Waals surface area contributed by atoms with Crippen LogP contribution in [0.4, 0.5) is 0 Å². The van der Waals surface area contributed by atoms with Gasteiger partial charge >= 0.3 is 0 Å². The van der Waals surface area contributed by atoms with Gasteiger partial charge in [-0.1, -0.05) is 19.0 Å². The van der Waals surface area contributed by atoms with Crippen molar-refractivity contribution >= 4 is 0 Å². The smallest absolute Gasteiger partial charge is 0.138 e. The molecule has 2 heterocycles. The van der Waals surface area contributed by atoms with Gasteiger partial charge in [-0.15, -0.1) is 0 Å². The number of likely N-dealkylation sites (tertiary alicyclic amines) is 1. The maximum Gasteiger partial charge on any atom is 0.138 e. The van der Waals surface area contributed by atoms with E-state index in [0.717, 1.165) is 29.8 Å². The van der Waals surface area contributed by atoms with Crippen molar-refractivity contribution in [2.45, 2.75) is 40.7 Å². The number of hydrogen-bond acceptors (Lipinski definition) is 3. The van der Waals surface area contributed by atoms with Crippen LogP contribution in [0.5, 0.6) is 0 Å². The second-order valence-electron chi connectivity index (χ2n) is 5.44. The van der Waals surface area contributed by atoms with Crippen molar-refractivity contribution in [3.8, 4) is 0 Å². The molecule has 0 spiro atoms. The zero-order valence-electron chi connectivity index (χ0n) is 10.8. The van der Waals surface area contributed by atoms with Crippen LogP contribution in [0.1, 0.15) is 37.3 Å². The van der Waals surface area contributed by atoms with E-state index in [1.807, 2.05) is 13.8 Å². The van der Waals surface area contributed by atoms with Crippen LogP contribution in [0.2, 0.25) is 0 Å². The lowest BCUT2D eigenvalue weighted by molar-refractivity contribution is 0.133.